The third-order valence-electron chi connectivity index (χ3n) is 3.92. The minimum Gasteiger partial charge on any atom is -0.358 e. The first-order valence-corrected chi connectivity index (χ1v) is 9.05. The molecule has 0 atom stereocenters. The third-order valence-corrected chi connectivity index (χ3v) is 4.25. The van der Waals surface area contributed by atoms with Gasteiger partial charge in [0.25, 0.3) is 5.91 Å². The van der Waals surface area contributed by atoms with Crippen LogP contribution in [0.2, 0.25) is 5.02 Å². The monoisotopic (exact) mass is 433 g/mol. The number of hydrogen-bond acceptors (Lipinski definition) is 8. The first kappa shape index (κ1) is 20.9. The summed E-state index contributed by atoms with van der Waals surface area (Å²) in [7, 11) is 0. The Bertz CT molecular complexity index is 1090. The summed E-state index contributed by atoms with van der Waals surface area (Å²) in [6.45, 7) is 1.93. The molecule has 0 fully saturated rings. The van der Waals surface area contributed by atoms with Gasteiger partial charge in [0.1, 0.15) is 6.54 Å². The maximum Gasteiger partial charge on any atom is 0.390 e. The van der Waals surface area contributed by atoms with Crippen molar-refractivity contribution >= 4 is 29.2 Å². The van der Waals surface area contributed by atoms with E-state index in [9.17, 15) is 19.7 Å². The number of nitro groups is 1. The molecule has 0 bridgehead atoms. The Kier molecular flexibility index (Phi) is 6.37. The highest BCUT2D eigenvalue weighted by molar-refractivity contribution is 6.33. The topological polar surface area (TPSA) is 158 Å². The molecule has 2 aromatic heterocycles. The van der Waals surface area contributed by atoms with Crippen LogP contribution in [-0.2, 0) is 6.54 Å². The highest BCUT2D eigenvalue weighted by atomic mass is 35.5. The summed E-state index contributed by atoms with van der Waals surface area (Å²) < 4.78 is 6.23. The van der Waals surface area contributed by atoms with E-state index in [2.05, 4.69) is 25.9 Å². The largest absolute Gasteiger partial charge is 0.390 e. The van der Waals surface area contributed by atoms with Gasteiger partial charge in [0.05, 0.1) is 27.4 Å². The Labute approximate surface area is 174 Å². The predicted molar refractivity (Wildman–Crippen MR) is 103 cm³/mol. The van der Waals surface area contributed by atoms with Gasteiger partial charge in [0, 0.05) is 13.1 Å². The number of nitrogens with one attached hydrogen (secondary N) is 2. The normalized spacial score (nSPS) is 10.6. The lowest BCUT2D eigenvalue weighted by atomic mass is 10.2. The zero-order valence-electron chi connectivity index (χ0n) is 15.7. The Morgan fingerprint density at radius 1 is 1.23 bits per heavy atom. The van der Waals surface area contributed by atoms with Crippen molar-refractivity contribution in [3.05, 3.63) is 68.4 Å². The van der Waals surface area contributed by atoms with E-state index in [-0.39, 0.29) is 43.1 Å². The second-order valence-electron chi connectivity index (χ2n) is 6.07. The van der Waals surface area contributed by atoms with Gasteiger partial charge < -0.3 is 25.3 Å². The van der Waals surface area contributed by atoms with Crippen molar-refractivity contribution in [2.24, 2.45) is 0 Å². The van der Waals surface area contributed by atoms with Crippen LogP contribution in [0.1, 0.15) is 32.6 Å². The molecule has 30 heavy (non-hydrogen) atoms. The average molecular weight is 434 g/mol. The molecule has 2 heterocycles. The summed E-state index contributed by atoms with van der Waals surface area (Å²) in [5, 5.41) is 23.7. The molecule has 0 saturated carbocycles. The van der Waals surface area contributed by atoms with Gasteiger partial charge in [-0.25, -0.2) is 0 Å². The number of benzene rings is 1. The lowest BCUT2D eigenvalue weighted by Gasteiger charge is -2.06. The van der Waals surface area contributed by atoms with Crippen molar-refractivity contribution in [3.8, 4) is 0 Å². The molecular weight excluding hydrogens is 418 g/mol. The quantitative estimate of drug-likeness (QED) is 0.306. The predicted octanol–water partition coefficient (Wildman–Crippen LogP) is 1.34. The summed E-state index contributed by atoms with van der Waals surface area (Å²) in [6, 6.07) is 7.91. The summed E-state index contributed by atoms with van der Waals surface area (Å²) in [6.07, 6.45) is 0. The Balaban J connectivity index is 1.49. The molecule has 0 aliphatic heterocycles. The van der Waals surface area contributed by atoms with Crippen LogP contribution in [0.4, 0.5) is 5.82 Å². The fourth-order valence-corrected chi connectivity index (χ4v) is 2.68. The van der Waals surface area contributed by atoms with Crippen molar-refractivity contribution in [1.82, 2.24) is 30.6 Å². The zero-order chi connectivity index (χ0) is 21.7. The van der Waals surface area contributed by atoms with E-state index in [0.29, 0.717) is 16.3 Å². The zero-order valence-corrected chi connectivity index (χ0v) is 16.4. The van der Waals surface area contributed by atoms with Gasteiger partial charge in [-0.3, -0.25) is 9.59 Å². The first-order chi connectivity index (χ1) is 14.3. The summed E-state index contributed by atoms with van der Waals surface area (Å²) >= 11 is 5.95. The van der Waals surface area contributed by atoms with E-state index >= 15 is 0 Å². The van der Waals surface area contributed by atoms with Gasteiger partial charge in [0.15, 0.2) is 5.82 Å². The molecule has 12 nitrogen and oxygen atoms in total. The van der Waals surface area contributed by atoms with Gasteiger partial charge >= 0.3 is 17.6 Å². The smallest absolute Gasteiger partial charge is 0.358 e. The Morgan fingerprint density at radius 3 is 2.60 bits per heavy atom. The number of rotatable bonds is 8. The van der Waals surface area contributed by atoms with Gasteiger partial charge in [-0.15, -0.1) is 0 Å². The van der Waals surface area contributed by atoms with Crippen molar-refractivity contribution in [3.63, 3.8) is 0 Å². The standard InChI is InChI=1S/C17H16ClN7O5/c1-10-8-14(25(28)29)22-24(10)9-13-21-17(30-23-13)16(27)20-7-6-19-15(26)11-4-2-3-5-12(11)18/h2-5,8H,6-7,9H2,1H3,(H,19,26)(H,20,27). The highest BCUT2D eigenvalue weighted by Gasteiger charge is 2.19. The fourth-order valence-electron chi connectivity index (χ4n) is 2.45. The van der Waals surface area contributed by atoms with Crippen LogP contribution in [0.25, 0.3) is 0 Å². The second-order valence-corrected chi connectivity index (χ2v) is 6.47. The fraction of sp³-hybridized carbons (Fsp3) is 0.235. The average Bonchev–Trinajstić information content (AvgIpc) is 3.33. The summed E-state index contributed by atoms with van der Waals surface area (Å²) in [4.78, 5) is 38.2. The molecule has 13 heteroatoms. The number of nitrogens with zero attached hydrogens (tertiary/aromatic N) is 5. The number of carbonyl (C=O) groups excluding carboxylic acids is 2. The van der Waals surface area contributed by atoms with Gasteiger partial charge in [0.2, 0.25) is 0 Å². The molecule has 0 saturated heterocycles. The number of halogens is 1. The van der Waals surface area contributed by atoms with Gasteiger partial charge in [-0.1, -0.05) is 28.9 Å². The van der Waals surface area contributed by atoms with Crippen molar-refractivity contribution < 1.29 is 19.0 Å². The lowest BCUT2D eigenvalue weighted by molar-refractivity contribution is -0.389. The molecule has 1 aromatic carbocycles. The van der Waals surface area contributed by atoms with Crippen LogP contribution in [0.15, 0.2) is 34.9 Å². The van der Waals surface area contributed by atoms with Crippen LogP contribution >= 0.6 is 11.6 Å². The van der Waals surface area contributed by atoms with Crippen molar-refractivity contribution in [2.45, 2.75) is 13.5 Å². The highest BCUT2D eigenvalue weighted by Crippen LogP contribution is 2.14. The molecule has 0 aliphatic rings. The molecule has 3 aromatic rings. The van der Waals surface area contributed by atoms with Crippen LogP contribution in [0, 0.1) is 17.0 Å². The molecule has 0 radical (unpaired) electrons. The summed E-state index contributed by atoms with van der Waals surface area (Å²) in [5.41, 5.74) is 0.868. The maximum absolute atomic E-state index is 12.1. The van der Waals surface area contributed by atoms with E-state index in [1.807, 2.05) is 0 Å². The molecule has 3 rings (SSSR count). The van der Waals surface area contributed by atoms with Gasteiger partial charge in [-0.05, 0) is 24.0 Å². The second kappa shape index (κ2) is 9.13. The molecule has 0 unspecified atom stereocenters. The van der Waals surface area contributed by atoms with Crippen molar-refractivity contribution in [1.29, 1.82) is 0 Å². The third kappa shape index (κ3) is 4.97. The Hall–Kier alpha value is -3.80. The molecule has 2 N–H and O–H groups in total. The number of aryl methyl sites for hydroxylation is 1. The molecule has 2 amide bonds. The van der Waals surface area contributed by atoms with E-state index in [1.165, 1.54) is 10.7 Å². The van der Waals surface area contributed by atoms with E-state index < -0.39 is 10.8 Å². The lowest BCUT2D eigenvalue weighted by Crippen LogP contribution is -2.34. The van der Waals surface area contributed by atoms with E-state index in [0.717, 1.165) is 0 Å². The number of aromatic nitrogens is 4. The van der Waals surface area contributed by atoms with Gasteiger partial charge in [-0.2, -0.15) is 9.67 Å². The maximum atomic E-state index is 12.1. The van der Waals surface area contributed by atoms with Crippen LogP contribution < -0.4 is 10.6 Å². The van der Waals surface area contributed by atoms with Crippen LogP contribution in [0.3, 0.4) is 0 Å². The number of hydrogen-bond donors (Lipinski definition) is 2. The minimum atomic E-state index is -0.621. The van der Waals surface area contributed by atoms with Crippen LogP contribution in [0.5, 0.6) is 0 Å². The first-order valence-electron chi connectivity index (χ1n) is 8.67. The van der Waals surface area contributed by atoms with E-state index in [4.69, 9.17) is 16.1 Å². The molecule has 0 aliphatic carbocycles. The Morgan fingerprint density at radius 2 is 1.93 bits per heavy atom. The summed E-state index contributed by atoms with van der Waals surface area (Å²) in [5.74, 6) is -1.43. The number of carbonyl (C=O) groups is 2. The molecule has 156 valence electrons. The molecular formula is C17H16ClN7O5. The van der Waals surface area contributed by atoms with E-state index in [1.54, 1.807) is 31.2 Å². The molecule has 0 spiro atoms. The van der Waals surface area contributed by atoms with Crippen molar-refractivity contribution in [2.75, 3.05) is 13.1 Å². The number of amides is 2. The van der Waals surface area contributed by atoms with Crippen LogP contribution in [-0.4, -0.2) is 49.7 Å². The SMILES string of the molecule is Cc1cc([N+](=O)[O-])nn1Cc1noc(C(=O)NCCNC(=O)c2ccccc2Cl)n1. The minimum absolute atomic E-state index is 0.00431.